The molecule has 60 heavy (non-hydrogen) atoms. The molecular weight excluding hydrogens is 764 g/mol. The van der Waals surface area contributed by atoms with Gasteiger partial charge in [-0.15, -0.1) is 0 Å². The highest BCUT2D eigenvalue weighted by Crippen LogP contribution is 2.72. The van der Waals surface area contributed by atoms with E-state index < -0.39 is 0 Å². The summed E-state index contributed by atoms with van der Waals surface area (Å²) in [5, 5.41) is 3.78. The molecule has 0 radical (unpaired) electrons. The van der Waals surface area contributed by atoms with Crippen LogP contribution in [0.15, 0.2) is 35.4 Å². The number of hydrogen-bond acceptors (Lipinski definition) is 4. The fraction of sp³-hybridized carbons (Fsp3) is 0.774. The van der Waals surface area contributed by atoms with Crippen LogP contribution >= 0.6 is 11.6 Å². The minimum atomic E-state index is -0.355. The summed E-state index contributed by atoms with van der Waals surface area (Å²) in [5.74, 6) is 6.26. The summed E-state index contributed by atoms with van der Waals surface area (Å²) in [6, 6.07) is 7.33. The molecule has 0 aromatic heterocycles. The van der Waals surface area contributed by atoms with Gasteiger partial charge in [-0.2, -0.15) is 0 Å². The highest BCUT2D eigenvalue weighted by molar-refractivity contribution is 6.30. The number of Topliss-reactive ketones (excluding diaryl/α,β-unsaturated/α-hetero) is 2. The van der Waals surface area contributed by atoms with Crippen LogP contribution in [0.25, 0.3) is 0 Å². The monoisotopic (exact) mass is 847 g/mol. The summed E-state index contributed by atoms with van der Waals surface area (Å²) < 4.78 is 0. The highest BCUT2D eigenvalue weighted by Gasteiger charge is 2.65. The van der Waals surface area contributed by atoms with Crippen molar-refractivity contribution in [2.24, 2.45) is 86.6 Å². The van der Waals surface area contributed by atoms with Gasteiger partial charge in [0.15, 0.2) is 5.78 Å². The zero-order valence-electron chi connectivity index (χ0n) is 39.6. The number of fused-ring (bicyclic) bond motifs is 7. The number of nitrogens with one attached hydrogen (secondary N) is 1. The Labute approximate surface area is 370 Å². The number of ketones is 2. The summed E-state index contributed by atoms with van der Waals surface area (Å²) in [6.07, 6.45) is 18.6. The van der Waals surface area contributed by atoms with E-state index in [2.05, 4.69) is 73.4 Å². The summed E-state index contributed by atoms with van der Waals surface area (Å²) in [4.78, 5) is 49.9. The van der Waals surface area contributed by atoms with Gasteiger partial charge < -0.3 is 11.1 Å². The summed E-state index contributed by atoms with van der Waals surface area (Å²) in [5.41, 5.74) is 7.36. The number of amides is 2. The molecule has 336 valence electrons. The second-order valence-electron chi connectivity index (χ2n) is 22.0. The number of benzene rings is 1. The average Bonchev–Trinajstić information content (AvgIpc) is 3.50. The van der Waals surface area contributed by atoms with Crippen LogP contribution in [0.1, 0.15) is 179 Å². The first-order valence-electron chi connectivity index (χ1n) is 24.3. The number of allylic oxidation sites excluding steroid dienone is 2. The molecule has 8 rings (SSSR count). The predicted molar refractivity (Wildman–Crippen MR) is 248 cm³/mol. The fourth-order valence-electron chi connectivity index (χ4n) is 14.5. The Morgan fingerprint density at radius 2 is 1.53 bits per heavy atom. The largest absolute Gasteiger partial charge is 0.372 e. The van der Waals surface area contributed by atoms with Gasteiger partial charge in [-0.3, -0.25) is 19.2 Å². The molecule has 11 atom stereocenters. The van der Waals surface area contributed by atoms with E-state index in [1.807, 2.05) is 38.1 Å². The van der Waals surface area contributed by atoms with Crippen molar-refractivity contribution in [3.63, 3.8) is 0 Å². The van der Waals surface area contributed by atoms with Crippen LogP contribution < -0.4 is 11.1 Å². The number of rotatable bonds is 8. The maximum atomic E-state index is 14.1. The van der Waals surface area contributed by atoms with Crippen LogP contribution in [-0.4, -0.2) is 23.9 Å². The molecule has 0 saturated heterocycles. The van der Waals surface area contributed by atoms with Crippen LogP contribution in [-0.2, 0) is 19.2 Å². The molecule has 2 amide bonds. The Kier molecular flexibility index (Phi) is 15.8. The molecule has 7 aliphatic rings. The molecule has 7 aliphatic carbocycles. The van der Waals surface area contributed by atoms with Crippen LogP contribution in [0.5, 0.6) is 0 Å². The number of carbonyl (C=O) groups is 4. The number of nitrogens with two attached hydrogens (primary N) is 1. The van der Waals surface area contributed by atoms with Gasteiger partial charge in [-0.05, 0) is 157 Å². The summed E-state index contributed by atoms with van der Waals surface area (Å²) in [6.45, 7) is 25.3. The van der Waals surface area contributed by atoms with Crippen molar-refractivity contribution >= 4 is 41.2 Å². The number of primary amides is 1. The lowest BCUT2D eigenvalue weighted by Crippen LogP contribution is -2.58. The lowest BCUT2D eigenvalue weighted by molar-refractivity contribution is -0.162. The molecule has 0 heterocycles. The normalized spacial score (nSPS) is 36.0. The maximum absolute atomic E-state index is 14.1. The summed E-state index contributed by atoms with van der Waals surface area (Å²) in [7, 11) is 0. The highest BCUT2D eigenvalue weighted by atomic mass is 35.5. The third-order valence-corrected chi connectivity index (χ3v) is 18.5. The molecule has 6 fully saturated rings. The van der Waals surface area contributed by atoms with E-state index in [4.69, 9.17) is 16.4 Å². The second kappa shape index (κ2) is 19.5. The second-order valence-corrected chi connectivity index (χ2v) is 22.5. The first-order valence-corrected chi connectivity index (χ1v) is 24.7. The molecular formula is C53H83ClN2O4. The van der Waals surface area contributed by atoms with Crippen molar-refractivity contribution in [1.29, 1.82) is 0 Å². The Morgan fingerprint density at radius 1 is 0.917 bits per heavy atom. The van der Waals surface area contributed by atoms with E-state index in [9.17, 15) is 14.4 Å². The Bertz CT molecular complexity index is 1700. The Balaban J connectivity index is 0.000000689. The van der Waals surface area contributed by atoms with Crippen LogP contribution in [0.2, 0.25) is 5.02 Å². The van der Waals surface area contributed by atoms with Crippen LogP contribution in [0, 0.1) is 80.8 Å². The van der Waals surface area contributed by atoms with Gasteiger partial charge in [0.2, 0.25) is 12.3 Å². The van der Waals surface area contributed by atoms with Crippen molar-refractivity contribution in [2.75, 3.05) is 5.32 Å². The summed E-state index contributed by atoms with van der Waals surface area (Å²) >= 11 is 6.11. The van der Waals surface area contributed by atoms with Gasteiger partial charge in [0, 0.05) is 41.3 Å². The minimum absolute atomic E-state index is 0.00949. The van der Waals surface area contributed by atoms with Crippen molar-refractivity contribution in [3.05, 3.63) is 40.4 Å². The molecule has 0 bridgehead atoms. The van der Waals surface area contributed by atoms with E-state index in [0.717, 1.165) is 36.9 Å². The quantitative estimate of drug-likeness (QED) is 0.254. The van der Waals surface area contributed by atoms with Gasteiger partial charge in [-0.1, -0.05) is 119 Å². The minimum Gasteiger partial charge on any atom is -0.372 e. The van der Waals surface area contributed by atoms with E-state index >= 15 is 0 Å². The van der Waals surface area contributed by atoms with Gasteiger partial charge in [0.05, 0.1) is 0 Å². The van der Waals surface area contributed by atoms with Crippen LogP contribution in [0.4, 0.5) is 5.69 Å². The SMILES string of the molecule is C1CCC1.CC.CC(C)C1=C2C3CCC4C(CCC5C(C)(C)C(CC(=O)C6CC(C)C6C)CCC45C)C3CCC2(C(C)(C)CC(=O)Nc2ccc(Cl)cc2)CC1=O.NC=O. The first kappa shape index (κ1) is 48.6. The number of carbonyl (C=O) groups excluding carboxylic acids is 4. The molecule has 11 unspecified atom stereocenters. The molecule has 3 N–H and O–H groups in total. The zero-order valence-corrected chi connectivity index (χ0v) is 40.3. The van der Waals surface area contributed by atoms with Crippen molar-refractivity contribution < 1.29 is 19.2 Å². The molecule has 1 aromatic rings. The van der Waals surface area contributed by atoms with E-state index in [0.29, 0.717) is 88.1 Å². The number of anilines is 1. The zero-order chi connectivity index (χ0) is 44.4. The smallest absolute Gasteiger partial charge is 0.224 e. The fourth-order valence-corrected chi connectivity index (χ4v) is 14.6. The lowest BCUT2D eigenvalue weighted by atomic mass is 9.39. The number of hydrogen-bond donors (Lipinski definition) is 2. The van der Waals surface area contributed by atoms with Gasteiger partial charge in [0.25, 0.3) is 0 Å². The van der Waals surface area contributed by atoms with Crippen molar-refractivity contribution in [1.82, 2.24) is 0 Å². The first-order chi connectivity index (χ1) is 28.3. The number of halogens is 1. The van der Waals surface area contributed by atoms with Gasteiger partial charge in [0.1, 0.15) is 5.78 Å². The van der Waals surface area contributed by atoms with E-state index in [1.54, 1.807) is 0 Å². The maximum Gasteiger partial charge on any atom is 0.224 e. The topological polar surface area (TPSA) is 106 Å². The molecule has 7 heteroatoms. The van der Waals surface area contributed by atoms with E-state index in [-0.39, 0.29) is 34.5 Å². The van der Waals surface area contributed by atoms with Crippen molar-refractivity contribution in [2.45, 2.75) is 179 Å². The third-order valence-electron chi connectivity index (χ3n) is 18.3. The molecule has 0 spiro atoms. The predicted octanol–water partition coefficient (Wildman–Crippen LogP) is 13.5. The standard InChI is InChI=1S/C46H66ClNO3.C4H8.C2H6.CH3NO/c1-26(2)41-38(50)24-46(43(5,6)25-40(51)48-31-12-10-30(47)11-13-31)21-19-32-33-15-17-39-44(7,8)29(23-37(49)35-22-27(3)28(35)4)18-20-45(39,9)36(33)16-14-34(32)42(41)46;1-2-4-3-1;1-2;2-1-3/h10-13,26-29,32-36,39H,14-25H2,1-9H3,(H,48,51);1-4H2;1-2H3;1H,(H2,2,3). The lowest BCUT2D eigenvalue weighted by Gasteiger charge is -2.66. The van der Waals surface area contributed by atoms with Gasteiger partial charge in [-0.25, -0.2) is 0 Å². The molecule has 6 nitrogen and oxygen atoms in total. The van der Waals surface area contributed by atoms with E-state index in [1.165, 1.54) is 69.8 Å². The molecule has 6 saturated carbocycles. The van der Waals surface area contributed by atoms with Crippen LogP contribution in [0.3, 0.4) is 0 Å². The van der Waals surface area contributed by atoms with Crippen molar-refractivity contribution in [3.8, 4) is 0 Å². The average molecular weight is 848 g/mol. The van der Waals surface area contributed by atoms with Gasteiger partial charge >= 0.3 is 0 Å². The Morgan fingerprint density at radius 3 is 2.08 bits per heavy atom. The Hall–Kier alpha value is -2.47. The molecule has 0 aliphatic heterocycles. The third kappa shape index (κ3) is 9.12. The molecule has 1 aromatic carbocycles.